The first-order valence-electron chi connectivity index (χ1n) is 9.98. The van der Waals surface area contributed by atoms with Crippen molar-refractivity contribution in [2.45, 2.75) is 6.92 Å². The Balaban J connectivity index is 1.88. The van der Waals surface area contributed by atoms with Gasteiger partial charge in [0, 0.05) is 11.1 Å². The van der Waals surface area contributed by atoms with Gasteiger partial charge in [0.2, 0.25) is 0 Å². The number of aryl methyl sites for hydroxylation is 1. The van der Waals surface area contributed by atoms with Crippen molar-refractivity contribution >= 4 is 40.4 Å². The Labute approximate surface area is 195 Å². The average Bonchev–Trinajstić information content (AvgIpc) is 3.05. The molecule has 0 aromatic heterocycles. The van der Waals surface area contributed by atoms with Gasteiger partial charge in [0.05, 0.1) is 31.2 Å². The minimum absolute atomic E-state index is 0.0255. The number of methoxy groups -OCH3 is 2. The monoisotopic (exact) mass is 466 g/mol. The van der Waals surface area contributed by atoms with Crippen LogP contribution in [0.4, 0.5) is 15.8 Å². The zero-order valence-corrected chi connectivity index (χ0v) is 18.9. The molecule has 0 aliphatic carbocycles. The molecule has 0 radical (unpaired) electrons. The largest absolute Gasteiger partial charge is 0.497 e. The summed E-state index contributed by atoms with van der Waals surface area (Å²) in [6.07, 6.45) is 0. The van der Waals surface area contributed by atoms with Crippen LogP contribution in [-0.4, -0.2) is 26.0 Å². The Morgan fingerprint density at radius 3 is 2.30 bits per heavy atom. The molecule has 0 unspecified atom stereocenters. The van der Waals surface area contributed by atoms with Gasteiger partial charge < -0.3 is 14.8 Å². The normalized spacial score (nSPS) is 13.5. The molecule has 0 saturated carbocycles. The van der Waals surface area contributed by atoms with E-state index in [0.717, 1.165) is 4.90 Å². The smallest absolute Gasteiger partial charge is 0.282 e. The van der Waals surface area contributed by atoms with Gasteiger partial charge in [-0.1, -0.05) is 29.8 Å². The average molecular weight is 467 g/mol. The van der Waals surface area contributed by atoms with E-state index >= 15 is 0 Å². The Morgan fingerprint density at radius 2 is 1.64 bits per heavy atom. The highest BCUT2D eigenvalue weighted by atomic mass is 35.5. The third-order valence-electron chi connectivity index (χ3n) is 5.30. The number of anilines is 2. The van der Waals surface area contributed by atoms with E-state index < -0.39 is 17.6 Å². The number of carbonyl (C=O) groups is 2. The standard InChI is InChI=1S/C25H20ClFN2O4/c1-14-4-7-16(26)12-20(14)29-24(30)22(15-5-8-17(27)9-6-15)23(25(29)31)28-19-13-18(32-2)10-11-21(19)33-3/h4-13,28H,1-3H3. The van der Waals surface area contributed by atoms with Crippen molar-refractivity contribution < 1.29 is 23.5 Å². The number of amides is 2. The van der Waals surface area contributed by atoms with Crippen molar-refractivity contribution in [3.05, 3.63) is 88.3 Å². The lowest BCUT2D eigenvalue weighted by atomic mass is 10.0. The van der Waals surface area contributed by atoms with Crippen molar-refractivity contribution in [1.29, 1.82) is 0 Å². The molecular formula is C25H20ClFN2O4. The maximum absolute atomic E-state index is 13.6. The number of hydrogen-bond acceptors (Lipinski definition) is 5. The first kappa shape index (κ1) is 22.4. The maximum Gasteiger partial charge on any atom is 0.282 e. The molecular weight excluding hydrogens is 447 g/mol. The predicted octanol–water partition coefficient (Wildman–Crippen LogP) is 5.20. The Kier molecular flexibility index (Phi) is 6.07. The van der Waals surface area contributed by atoms with Gasteiger partial charge in [-0.2, -0.15) is 0 Å². The molecule has 6 nitrogen and oxygen atoms in total. The summed E-state index contributed by atoms with van der Waals surface area (Å²) in [5.41, 5.74) is 2.01. The molecule has 1 aliphatic rings. The van der Waals surface area contributed by atoms with Gasteiger partial charge in [0.1, 0.15) is 23.0 Å². The molecule has 0 bridgehead atoms. The lowest BCUT2D eigenvalue weighted by molar-refractivity contribution is -0.120. The summed E-state index contributed by atoms with van der Waals surface area (Å²) in [6.45, 7) is 1.78. The first-order chi connectivity index (χ1) is 15.8. The molecule has 33 heavy (non-hydrogen) atoms. The van der Waals surface area contributed by atoms with Crippen LogP contribution in [0.3, 0.4) is 0 Å². The number of halogens is 2. The van der Waals surface area contributed by atoms with E-state index in [0.29, 0.717) is 39.0 Å². The van der Waals surface area contributed by atoms with Gasteiger partial charge in [-0.25, -0.2) is 9.29 Å². The van der Waals surface area contributed by atoms with Crippen LogP contribution in [0.5, 0.6) is 11.5 Å². The predicted molar refractivity (Wildman–Crippen MR) is 125 cm³/mol. The second-order valence-electron chi connectivity index (χ2n) is 7.32. The molecule has 0 atom stereocenters. The van der Waals surface area contributed by atoms with E-state index in [1.807, 2.05) is 0 Å². The van der Waals surface area contributed by atoms with Gasteiger partial charge in [-0.15, -0.1) is 0 Å². The molecule has 8 heteroatoms. The molecule has 1 N–H and O–H groups in total. The lowest BCUT2D eigenvalue weighted by Crippen LogP contribution is -2.33. The van der Waals surface area contributed by atoms with Gasteiger partial charge >= 0.3 is 0 Å². The van der Waals surface area contributed by atoms with Gasteiger partial charge in [-0.3, -0.25) is 9.59 Å². The van der Waals surface area contributed by atoms with E-state index in [2.05, 4.69) is 5.32 Å². The Hall–Kier alpha value is -3.84. The van der Waals surface area contributed by atoms with Gasteiger partial charge in [0.25, 0.3) is 11.8 Å². The van der Waals surface area contributed by atoms with E-state index in [1.165, 1.54) is 38.5 Å². The second kappa shape index (κ2) is 8.96. The van der Waals surface area contributed by atoms with Crippen molar-refractivity contribution in [2.24, 2.45) is 0 Å². The fraction of sp³-hybridized carbons (Fsp3) is 0.120. The fourth-order valence-corrected chi connectivity index (χ4v) is 3.79. The van der Waals surface area contributed by atoms with E-state index in [-0.39, 0.29) is 11.3 Å². The fourth-order valence-electron chi connectivity index (χ4n) is 3.62. The quantitative estimate of drug-likeness (QED) is 0.506. The SMILES string of the molecule is COc1ccc(OC)c(NC2=C(c3ccc(F)cc3)C(=O)N(c3cc(Cl)ccc3C)C2=O)c1. The maximum atomic E-state index is 13.6. The highest BCUT2D eigenvalue weighted by molar-refractivity contribution is 6.46. The van der Waals surface area contributed by atoms with Gasteiger partial charge in [-0.05, 0) is 54.4 Å². The second-order valence-corrected chi connectivity index (χ2v) is 7.76. The number of imide groups is 1. The van der Waals surface area contributed by atoms with E-state index in [9.17, 15) is 14.0 Å². The van der Waals surface area contributed by atoms with Crippen molar-refractivity contribution in [2.75, 3.05) is 24.4 Å². The lowest BCUT2D eigenvalue weighted by Gasteiger charge is -2.18. The summed E-state index contributed by atoms with van der Waals surface area (Å²) in [5.74, 6) is -0.612. The number of carbonyl (C=O) groups excluding carboxylic acids is 2. The highest BCUT2D eigenvalue weighted by Gasteiger charge is 2.41. The van der Waals surface area contributed by atoms with Crippen LogP contribution in [0.15, 0.2) is 66.4 Å². The topological polar surface area (TPSA) is 67.9 Å². The molecule has 3 aromatic rings. The number of ether oxygens (including phenoxy) is 2. The molecule has 168 valence electrons. The summed E-state index contributed by atoms with van der Waals surface area (Å²) in [4.78, 5) is 28.2. The number of rotatable bonds is 6. The van der Waals surface area contributed by atoms with Crippen LogP contribution in [0, 0.1) is 12.7 Å². The molecule has 2 amide bonds. The zero-order chi connectivity index (χ0) is 23.7. The molecule has 1 aliphatic heterocycles. The molecule has 0 spiro atoms. The van der Waals surface area contributed by atoms with E-state index in [4.69, 9.17) is 21.1 Å². The van der Waals surface area contributed by atoms with Crippen LogP contribution in [0.1, 0.15) is 11.1 Å². The molecule has 3 aromatic carbocycles. The van der Waals surface area contributed by atoms with Crippen LogP contribution >= 0.6 is 11.6 Å². The molecule has 4 rings (SSSR count). The summed E-state index contributed by atoms with van der Waals surface area (Å²) in [7, 11) is 3.01. The minimum atomic E-state index is -0.574. The van der Waals surface area contributed by atoms with E-state index in [1.54, 1.807) is 43.3 Å². The molecule has 0 saturated heterocycles. The number of hydrogen-bond donors (Lipinski definition) is 1. The van der Waals surface area contributed by atoms with Crippen molar-refractivity contribution in [1.82, 2.24) is 0 Å². The Bertz CT molecular complexity index is 1290. The van der Waals surface area contributed by atoms with Crippen LogP contribution < -0.4 is 19.7 Å². The highest BCUT2D eigenvalue weighted by Crippen LogP contribution is 2.38. The summed E-state index contributed by atoms with van der Waals surface area (Å²) in [6, 6.07) is 15.4. The number of nitrogens with one attached hydrogen (secondary N) is 1. The van der Waals surface area contributed by atoms with Crippen LogP contribution in [0.2, 0.25) is 5.02 Å². The number of nitrogens with zero attached hydrogens (tertiary/aromatic N) is 1. The zero-order valence-electron chi connectivity index (χ0n) is 18.1. The number of benzene rings is 3. The minimum Gasteiger partial charge on any atom is -0.497 e. The van der Waals surface area contributed by atoms with Crippen LogP contribution in [-0.2, 0) is 9.59 Å². The van der Waals surface area contributed by atoms with Crippen molar-refractivity contribution in [3.63, 3.8) is 0 Å². The molecule has 1 heterocycles. The third kappa shape index (κ3) is 4.15. The summed E-state index contributed by atoms with van der Waals surface area (Å²) < 4.78 is 24.3. The summed E-state index contributed by atoms with van der Waals surface area (Å²) in [5, 5.41) is 3.43. The van der Waals surface area contributed by atoms with Crippen LogP contribution in [0.25, 0.3) is 5.57 Å². The summed E-state index contributed by atoms with van der Waals surface area (Å²) >= 11 is 6.15. The van der Waals surface area contributed by atoms with Crippen molar-refractivity contribution in [3.8, 4) is 11.5 Å². The molecule has 0 fully saturated rings. The third-order valence-corrected chi connectivity index (χ3v) is 5.53. The Morgan fingerprint density at radius 1 is 0.909 bits per heavy atom. The van der Waals surface area contributed by atoms with Gasteiger partial charge in [0.15, 0.2) is 0 Å². The first-order valence-corrected chi connectivity index (χ1v) is 10.4.